The first kappa shape index (κ1) is 11.7. The average molecular weight is 243 g/mol. The summed E-state index contributed by atoms with van der Waals surface area (Å²) in [5.74, 6) is 0.898. The molecule has 1 aliphatic carbocycles. The summed E-state index contributed by atoms with van der Waals surface area (Å²) < 4.78 is 2.32. The van der Waals surface area contributed by atoms with E-state index in [1.54, 1.807) is 0 Å². The van der Waals surface area contributed by atoms with Gasteiger partial charge in [0.05, 0.1) is 5.69 Å². The van der Waals surface area contributed by atoms with Crippen molar-refractivity contribution < 1.29 is 0 Å². The standard InChI is InChI=1S/C15H21N3/c1-10-16-12-8-6-5-7-11-9-18(15(2,3)4)14(17-10)13(11)12/h9H,5-8H2,1-4H3. The molecule has 0 aromatic carbocycles. The van der Waals surface area contributed by atoms with Crippen molar-refractivity contribution in [2.75, 3.05) is 0 Å². The molecule has 0 saturated carbocycles. The zero-order valence-electron chi connectivity index (χ0n) is 11.7. The molecule has 18 heavy (non-hydrogen) atoms. The van der Waals surface area contributed by atoms with Gasteiger partial charge < -0.3 is 4.57 Å². The first-order valence-corrected chi connectivity index (χ1v) is 6.85. The summed E-state index contributed by atoms with van der Waals surface area (Å²) in [6.07, 6.45) is 7.07. The van der Waals surface area contributed by atoms with Crippen LogP contribution in [0.1, 0.15) is 50.7 Å². The third-order valence-corrected chi connectivity index (χ3v) is 3.74. The highest BCUT2D eigenvalue weighted by molar-refractivity contribution is 5.83. The number of rotatable bonds is 0. The highest BCUT2D eigenvalue weighted by Gasteiger charge is 2.23. The molecule has 2 aromatic heterocycles. The summed E-state index contributed by atoms with van der Waals surface area (Å²) in [4.78, 5) is 9.36. The summed E-state index contributed by atoms with van der Waals surface area (Å²) in [5, 5.41) is 1.33. The van der Waals surface area contributed by atoms with E-state index in [0.29, 0.717) is 0 Å². The van der Waals surface area contributed by atoms with Gasteiger partial charge in [0.2, 0.25) is 0 Å². The average Bonchev–Trinajstić information content (AvgIpc) is 2.49. The van der Waals surface area contributed by atoms with Crippen LogP contribution in [0, 0.1) is 6.92 Å². The van der Waals surface area contributed by atoms with Crippen molar-refractivity contribution in [3.63, 3.8) is 0 Å². The molecule has 0 N–H and O–H groups in total. The van der Waals surface area contributed by atoms with E-state index in [-0.39, 0.29) is 5.54 Å². The SMILES string of the molecule is Cc1nc2c3c(cn(C(C)(C)C)c3n1)CCCC2. The Morgan fingerprint density at radius 1 is 1.11 bits per heavy atom. The van der Waals surface area contributed by atoms with Crippen molar-refractivity contribution in [3.8, 4) is 0 Å². The van der Waals surface area contributed by atoms with Gasteiger partial charge in [0.15, 0.2) is 0 Å². The fraction of sp³-hybridized carbons (Fsp3) is 0.600. The van der Waals surface area contributed by atoms with Crippen LogP contribution in [0.4, 0.5) is 0 Å². The molecule has 0 amide bonds. The summed E-state index contributed by atoms with van der Waals surface area (Å²) in [6.45, 7) is 8.71. The minimum atomic E-state index is 0.0771. The Balaban J connectivity index is 2.38. The van der Waals surface area contributed by atoms with E-state index in [1.165, 1.54) is 35.9 Å². The number of aryl methyl sites for hydroxylation is 3. The molecule has 0 aliphatic heterocycles. The first-order valence-electron chi connectivity index (χ1n) is 6.85. The van der Waals surface area contributed by atoms with Crippen LogP contribution in [0.15, 0.2) is 6.20 Å². The number of nitrogens with zero attached hydrogens (tertiary/aromatic N) is 3. The van der Waals surface area contributed by atoms with Crippen molar-refractivity contribution in [3.05, 3.63) is 23.3 Å². The van der Waals surface area contributed by atoms with Gasteiger partial charge in [-0.05, 0) is 58.9 Å². The summed E-state index contributed by atoms with van der Waals surface area (Å²) in [5.41, 5.74) is 3.90. The van der Waals surface area contributed by atoms with Crippen LogP contribution in [0.3, 0.4) is 0 Å². The summed E-state index contributed by atoms with van der Waals surface area (Å²) in [7, 11) is 0. The molecule has 0 bridgehead atoms. The summed E-state index contributed by atoms with van der Waals surface area (Å²) >= 11 is 0. The highest BCUT2D eigenvalue weighted by Crippen LogP contribution is 2.31. The predicted molar refractivity (Wildman–Crippen MR) is 73.9 cm³/mol. The molecular formula is C15H21N3. The predicted octanol–water partition coefficient (Wildman–Crippen LogP) is 3.37. The van der Waals surface area contributed by atoms with E-state index in [9.17, 15) is 0 Å². The van der Waals surface area contributed by atoms with Crippen LogP contribution in [0.5, 0.6) is 0 Å². The quantitative estimate of drug-likeness (QED) is 0.710. The van der Waals surface area contributed by atoms with Crippen molar-refractivity contribution in [1.29, 1.82) is 0 Å². The molecule has 2 aromatic rings. The highest BCUT2D eigenvalue weighted by atomic mass is 15.1. The van der Waals surface area contributed by atoms with Crippen LogP contribution in [-0.4, -0.2) is 14.5 Å². The topological polar surface area (TPSA) is 30.7 Å². The molecular weight excluding hydrogens is 222 g/mol. The van der Waals surface area contributed by atoms with E-state index in [0.717, 1.165) is 17.9 Å². The minimum absolute atomic E-state index is 0.0771. The lowest BCUT2D eigenvalue weighted by Crippen LogP contribution is -2.21. The van der Waals surface area contributed by atoms with Crippen molar-refractivity contribution in [2.45, 2.75) is 58.9 Å². The van der Waals surface area contributed by atoms with Gasteiger partial charge in [-0.3, -0.25) is 0 Å². The second-order valence-electron chi connectivity index (χ2n) is 6.32. The monoisotopic (exact) mass is 243 g/mol. The van der Waals surface area contributed by atoms with Gasteiger partial charge in [-0.2, -0.15) is 0 Å². The van der Waals surface area contributed by atoms with Crippen LogP contribution in [0.2, 0.25) is 0 Å². The molecule has 0 radical (unpaired) electrons. The zero-order chi connectivity index (χ0) is 12.9. The second kappa shape index (κ2) is 3.81. The maximum atomic E-state index is 4.70. The maximum absolute atomic E-state index is 4.70. The van der Waals surface area contributed by atoms with Gasteiger partial charge in [-0.15, -0.1) is 0 Å². The second-order valence-corrected chi connectivity index (χ2v) is 6.32. The molecule has 0 spiro atoms. The maximum Gasteiger partial charge on any atom is 0.144 e. The van der Waals surface area contributed by atoms with Crippen LogP contribution >= 0.6 is 0 Å². The normalized spacial score (nSPS) is 16.0. The Morgan fingerprint density at radius 3 is 2.56 bits per heavy atom. The van der Waals surface area contributed by atoms with E-state index < -0.39 is 0 Å². The van der Waals surface area contributed by atoms with Crippen LogP contribution in [0.25, 0.3) is 11.0 Å². The Morgan fingerprint density at radius 2 is 1.83 bits per heavy atom. The largest absolute Gasteiger partial charge is 0.327 e. The fourth-order valence-electron chi connectivity index (χ4n) is 2.89. The number of hydrogen-bond acceptors (Lipinski definition) is 2. The van der Waals surface area contributed by atoms with Gasteiger partial charge in [0.25, 0.3) is 0 Å². The number of hydrogen-bond donors (Lipinski definition) is 0. The molecule has 3 nitrogen and oxygen atoms in total. The van der Waals surface area contributed by atoms with Gasteiger partial charge >= 0.3 is 0 Å². The molecule has 0 atom stereocenters. The molecule has 96 valence electrons. The Kier molecular flexibility index (Phi) is 2.47. The molecule has 1 aliphatic rings. The lowest BCUT2D eigenvalue weighted by molar-refractivity contribution is 0.407. The van der Waals surface area contributed by atoms with Crippen molar-refractivity contribution in [1.82, 2.24) is 14.5 Å². The van der Waals surface area contributed by atoms with Crippen molar-refractivity contribution >= 4 is 11.0 Å². The van der Waals surface area contributed by atoms with E-state index >= 15 is 0 Å². The summed E-state index contributed by atoms with van der Waals surface area (Å²) in [6, 6.07) is 0. The third-order valence-electron chi connectivity index (χ3n) is 3.74. The Hall–Kier alpha value is -1.38. The zero-order valence-corrected chi connectivity index (χ0v) is 11.7. The smallest absolute Gasteiger partial charge is 0.144 e. The molecule has 2 heterocycles. The molecule has 3 rings (SSSR count). The van der Waals surface area contributed by atoms with Gasteiger partial charge in [0, 0.05) is 17.1 Å². The van der Waals surface area contributed by atoms with Crippen LogP contribution in [-0.2, 0) is 18.4 Å². The van der Waals surface area contributed by atoms with Gasteiger partial charge in [0.1, 0.15) is 11.5 Å². The fourth-order valence-corrected chi connectivity index (χ4v) is 2.89. The van der Waals surface area contributed by atoms with Crippen molar-refractivity contribution in [2.24, 2.45) is 0 Å². The van der Waals surface area contributed by atoms with Gasteiger partial charge in [-0.1, -0.05) is 0 Å². The molecule has 3 heteroatoms. The molecule has 0 fully saturated rings. The Bertz CT molecular complexity index is 602. The first-order chi connectivity index (χ1) is 8.47. The Labute approximate surface area is 108 Å². The number of aromatic nitrogens is 3. The minimum Gasteiger partial charge on any atom is -0.327 e. The van der Waals surface area contributed by atoms with E-state index in [2.05, 4.69) is 36.5 Å². The lowest BCUT2D eigenvalue weighted by atomic mass is 10.1. The lowest BCUT2D eigenvalue weighted by Gasteiger charge is -2.22. The van der Waals surface area contributed by atoms with E-state index in [1.807, 2.05) is 6.92 Å². The molecule has 0 saturated heterocycles. The van der Waals surface area contributed by atoms with Gasteiger partial charge in [-0.25, -0.2) is 9.97 Å². The van der Waals surface area contributed by atoms with Crippen LogP contribution < -0.4 is 0 Å². The molecule has 0 unspecified atom stereocenters. The third kappa shape index (κ3) is 1.73. The van der Waals surface area contributed by atoms with E-state index in [4.69, 9.17) is 4.98 Å².